The summed E-state index contributed by atoms with van der Waals surface area (Å²) in [7, 11) is 0. The first-order valence-electron chi connectivity index (χ1n) is 8.75. The largest absolute Gasteiger partial charge is 0.403 e. The summed E-state index contributed by atoms with van der Waals surface area (Å²) < 4.78 is 41.6. The Bertz CT molecular complexity index is 636. The van der Waals surface area contributed by atoms with E-state index >= 15 is 0 Å². The molecular formula is C16H24F3N5O. The molecule has 1 amide bonds. The smallest absolute Gasteiger partial charge is 0.345 e. The van der Waals surface area contributed by atoms with Crippen LogP contribution in [0.15, 0.2) is 0 Å². The minimum absolute atomic E-state index is 0.140. The lowest BCUT2D eigenvalue weighted by Gasteiger charge is -2.25. The summed E-state index contributed by atoms with van der Waals surface area (Å²) in [6, 6.07) is -0.563. The van der Waals surface area contributed by atoms with Crippen molar-refractivity contribution in [1.29, 1.82) is 0 Å². The molecule has 0 unspecified atom stereocenters. The lowest BCUT2D eigenvalue weighted by atomic mass is 10.00. The van der Waals surface area contributed by atoms with Crippen molar-refractivity contribution in [2.45, 2.75) is 58.3 Å². The molecule has 25 heavy (non-hydrogen) atoms. The van der Waals surface area contributed by atoms with E-state index in [0.29, 0.717) is 25.2 Å². The second-order valence-corrected chi connectivity index (χ2v) is 7.36. The molecule has 9 heteroatoms. The van der Waals surface area contributed by atoms with Crippen LogP contribution in [0.4, 0.5) is 13.2 Å². The van der Waals surface area contributed by atoms with Crippen molar-refractivity contribution < 1.29 is 18.0 Å². The molecule has 0 aromatic carbocycles. The van der Waals surface area contributed by atoms with Crippen LogP contribution >= 0.6 is 0 Å². The quantitative estimate of drug-likeness (QED) is 0.843. The Kier molecular flexibility index (Phi) is 4.78. The molecule has 0 radical (unpaired) electrons. The number of hydrogen-bond donors (Lipinski definition) is 2. The number of carbonyl (C=O) groups is 1. The Balaban J connectivity index is 1.84. The third kappa shape index (κ3) is 3.51. The van der Waals surface area contributed by atoms with Gasteiger partial charge in [-0.1, -0.05) is 13.8 Å². The molecule has 1 atom stereocenters. The predicted molar refractivity (Wildman–Crippen MR) is 84.7 cm³/mol. The Hall–Kier alpha value is -1.64. The van der Waals surface area contributed by atoms with E-state index in [9.17, 15) is 18.0 Å². The molecule has 2 N–H and O–H groups in total. The minimum atomic E-state index is -4.51. The molecule has 140 valence electrons. The Morgan fingerprint density at radius 1 is 1.32 bits per heavy atom. The zero-order valence-electron chi connectivity index (χ0n) is 14.5. The molecule has 0 spiro atoms. The number of nitrogens with one attached hydrogen (secondary N) is 2. The van der Waals surface area contributed by atoms with Crippen LogP contribution in [0.3, 0.4) is 0 Å². The van der Waals surface area contributed by atoms with Gasteiger partial charge in [0.2, 0.25) is 5.91 Å². The zero-order valence-corrected chi connectivity index (χ0v) is 14.5. The van der Waals surface area contributed by atoms with Crippen LogP contribution in [-0.4, -0.2) is 39.9 Å². The van der Waals surface area contributed by atoms with E-state index in [1.807, 2.05) is 18.4 Å². The Morgan fingerprint density at radius 3 is 2.64 bits per heavy atom. The zero-order chi connectivity index (χ0) is 18.2. The third-order valence-corrected chi connectivity index (χ3v) is 4.94. The average Bonchev–Trinajstić information content (AvgIpc) is 3.28. The average molecular weight is 359 g/mol. The van der Waals surface area contributed by atoms with Gasteiger partial charge >= 0.3 is 6.18 Å². The first-order valence-corrected chi connectivity index (χ1v) is 8.75. The second-order valence-electron chi connectivity index (χ2n) is 7.36. The van der Waals surface area contributed by atoms with Crippen molar-refractivity contribution >= 4 is 5.91 Å². The molecule has 1 fully saturated rings. The third-order valence-electron chi connectivity index (χ3n) is 4.94. The van der Waals surface area contributed by atoms with Gasteiger partial charge in [0.25, 0.3) is 0 Å². The summed E-state index contributed by atoms with van der Waals surface area (Å²) in [6.07, 6.45) is -3.56. The summed E-state index contributed by atoms with van der Waals surface area (Å²) >= 11 is 0. The number of hydrogen-bond acceptors (Lipinski definition) is 4. The highest BCUT2D eigenvalue weighted by atomic mass is 19.4. The van der Waals surface area contributed by atoms with Gasteiger partial charge in [-0.05, 0) is 25.2 Å². The fourth-order valence-electron chi connectivity index (χ4n) is 3.31. The number of carbonyl (C=O) groups excluding carboxylic acids is 1. The molecule has 1 aromatic heterocycles. The number of aromatic nitrogens is 3. The van der Waals surface area contributed by atoms with E-state index in [-0.39, 0.29) is 18.8 Å². The highest BCUT2D eigenvalue weighted by Crippen LogP contribution is 2.58. The van der Waals surface area contributed by atoms with Gasteiger partial charge in [-0.3, -0.25) is 4.79 Å². The predicted octanol–water partition coefficient (Wildman–Crippen LogP) is 1.97. The summed E-state index contributed by atoms with van der Waals surface area (Å²) in [5.41, 5.74) is -2.22. The minimum Gasteiger partial charge on any atom is -0.345 e. The molecular weight excluding hydrogens is 335 g/mol. The Morgan fingerprint density at radius 2 is 2.04 bits per heavy atom. The van der Waals surface area contributed by atoms with Crippen molar-refractivity contribution in [3.63, 3.8) is 0 Å². The van der Waals surface area contributed by atoms with Gasteiger partial charge in [0.05, 0.1) is 6.04 Å². The number of nitrogens with zero attached hydrogens (tertiary/aromatic N) is 3. The maximum absolute atomic E-state index is 13.2. The lowest BCUT2D eigenvalue weighted by molar-refractivity contribution is -0.192. The molecule has 2 heterocycles. The molecule has 1 aromatic rings. The summed E-state index contributed by atoms with van der Waals surface area (Å²) in [5.74, 6) is 0.622. The second kappa shape index (κ2) is 6.59. The van der Waals surface area contributed by atoms with Crippen LogP contribution in [0.25, 0.3) is 0 Å². The first-order chi connectivity index (χ1) is 11.7. The summed E-state index contributed by atoms with van der Waals surface area (Å²) in [5, 5.41) is 14.3. The van der Waals surface area contributed by atoms with Gasteiger partial charge in [-0.2, -0.15) is 13.2 Å². The monoisotopic (exact) mass is 359 g/mol. The van der Waals surface area contributed by atoms with Crippen LogP contribution in [0.2, 0.25) is 0 Å². The number of amides is 1. The van der Waals surface area contributed by atoms with Crippen molar-refractivity contribution in [2.24, 2.45) is 11.3 Å². The Labute approximate surface area is 144 Å². The normalized spacial score (nSPS) is 20.7. The molecule has 2 aliphatic rings. The van der Waals surface area contributed by atoms with Crippen LogP contribution in [0.5, 0.6) is 0 Å². The number of rotatable bonds is 5. The van der Waals surface area contributed by atoms with Crippen molar-refractivity contribution in [1.82, 2.24) is 25.4 Å². The van der Waals surface area contributed by atoms with Gasteiger partial charge in [0, 0.05) is 26.1 Å². The molecule has 0 bridgehead atoms. The maximum atomic E-state index is 13.2. The van der Waals surface area contributed by atoms with Gasteiger partial charge in [-0.15, -0.1) is 10.2 Å². The first kappa shape index (κ1) is 18.2. The molecule has 0 saturated heterocycles. The molecule has 1 saturated carbocycles. The molecule has 1 aliphatic heterocycles. The van der Waals surface area contributed by atoms with Gasteiger partial charge in [0.15, 0.2) is 5.82 Å². The van der Waals surface area contributed by atoms with Crippen LogP contribution < -0.4 is 10.6 Å². The van der Waals surface area contributed by atoms with Crippen LogP contribution in [0.1, 0.15) is 50.8 Å². The number of alkyl halides is 3. The highest BCUT2D eigenvalue weighted by Gasteiger charge is 2.68. The van der Waals surface area contributed by atoms with Crippen molar-refractivity contribution in [3.8, 4) is 0 Å². The number of fused-ring (bicyclic) bond motifs is 1. The molecule has 6 nitrogen and oxygen atoms in total. The van der Waals surface area contributed by atoms with Crippen LogP contribution in [0, 0.1) is 11.3 Å². The van der Waals surface area contributed by atoms with E-state index < -0.39 is 23.5 Å². The van der Waals surface area contributed by atoms with E-state index in [1.165, 1.54) is 0 Å². The van der Waals surface area contributed by atoms with E-state index in [1.54, 1.807) is 0 Å². The SMILES string of the molecule is CC(C)C[C@@H](NC(=O)C1(C(F)(F)F)CC1)c1nnc2n1CCNCC2. The standard InChI is InChI=1S/C16H24F3N5O/c1-10(2)9-11(21-14(25)15(4-5-15)16(17,18)19)13-23-22-12-3-6-20-7-8-24(12)13/h10-11,20H,3-9H2,1-2H3,(H,21,25)/t11-/m1/s1. The van der Waals surface area contributed by atoms with E-state index in [2.05, 4.69) is 20.8 Å². The summed E-state index contributed by atoms with van der Waals surface area (Å²) in [6.45, 7) is 6.12. The van der Waals surface area contributed by atoms with Crippen molar-refractivity contribution in [3.05, 3.63) is 11.6 Å². The summed E-state index contributed by atoms with van der Waals surface area (Å²) in [4.78, 5) is 12.4. The van der Waals surface area contributed by atoms with E-state index in [0.717, 1.165) is 18.9 Å². The van der Waals surface area contributed by atoms with Crippen molar-refractivity contribution in [2.75, 3.05) is 13.1 Å². The topological polar surface area (TPSA) is 71.8 Å². The van der Waals surface area contributed by atoms with Gasteiger partial charge in [-0.25, -0.2) is 0 Å². The molecule has 1 aliphatic carbocycles. The fourth-order valence-corrected chi connectivity index (χ4v) is 3.31. The fraction of sp³-hybridized carbons (Fsp3) is 0.812. The van der Waals surface area contributed by atoms with Gasteiger partial charge < -0.3 is 15.2 Å². The maximum Gasteiger partial charge on any atom is 0.403 e. The molecule has 3 rings (SSSR count). The van der Waals surface area contributed by atoms with Crippen LogP contribution in [-0.2, 0) is 17.8 Å². The van der Waals surface area contributed by atoms with E-state index in [4.69, 9.17) is 0 Å². The van der Waals surface area contributed by atoms with Gasteiger partial charge in [0.1, 0.15) is 11.2 Å². The lowest BCUT2D eigenvalue weighted by Crippen LogP contribution is -2.43. The highest BCUT2D eigenvalue weighted by molar-refractivity contribution is 5.86. The number of halogens is 3.